The van der Waals surface area contributed by atoms with Crippen LogP contribution >= 0.6 is 11.6 Å². The standard InChI is InChI=1S/C9H11ClN2O3S/c10-8-5-7(13)3-4-9(8)12-16(14,15)11-6-1-2-6/h3-6,11-13H,1-2H2. The van der Waals surface area contributed by atoms with Crippen molar-refractivity contribution in [3.8, 4) is 5.75 Å². The Morgan fingerprint density at radius 1 is 1.38 bits per heavy atom. The molecule has 0 heterocycles. The van der Waals surface area contributed by atoms with Crippen LogP contribution in [0, 0.1) is 0 Å². The van der Waals surface area contributed by atoms with Crippen LogP contribution in [0.2, 0.25) is 5.02 Å². The van der Waals surface area contributed by atoms with Crippen LogP contribution < -0.4 is 9.44 Å². The van der Waals surface area contributed by atoms with E-state index < -0.39 is 10.2 Å². The smallest absolute Gasteiger partial charge is 0.299 e. The third-order valence-electron chi connectivity index (χ3n) is 2.10. The number of benzene rings is 1. The Bertz CT molecular complexity index is 499. The number of aromatic hydroxyl groups is 1. The Kier molecular flexibility index (Phi) is 2.96. The van der Waals surface area contributed by atoms with Crippen molar-refractivity contribution in [1.82, 2.24) is 4.72 Å². The highest BCUT2D eigenvalue weighted by Gasteiger charge is 2.27. The molecule has 88 valence electrons. The number of halogens is 1. The van der Waals surface area contributed by atoms with Gasteiger partial charge >= 0.3 is 0 Å². The van der Waals surface area contributed by atoms with Gasteiger partial charge in [0.05, 0.1) is 10.7 Å². The molecular weight excluding hydrogens is 252 g/mol. The predicted molar refractivity (Wildman–Crippen MR) is 61.8 cm³/mol. The second-order valence-electron chi connectivity index (χ2n) is 3.66. The van der Waals surface area contributed by atoms with E-state index in [2.05, 4.69) is 9.44 Å². The fourth-order valence-electron chi connectivity index (χ4n) is 1.18. The first kappa shape index (κ1) is 11.5. The lowest BCUT2D eigenvalue weighted by molar-refractivity contribution is 0.475. The van der Waals surface area contributed by atoms with Crippen LogP contribution in [0.5, 0.6) is 5.75 Å². The maximum absolute atomic E-state index is 11.5. The second-order valence-corrected chi connectivity index (χ2v) is 5.52. The van der Waals surface area contributed by atoms with Crippen LogP contribution in [-0.2, 0) is 10.2 Å². The molecule has 1 aromatic rings. The maximum Gasteiger partial charge on any atom is 0.299 e. The molecule has 0 atom stereocenters. The molecule has 16 heavy (non-hydrogen) atoms. The number of phenolic OH excluding ortho intramolecular Hbond substituents is 1. The molecule has 2 rings (SSSR count). The summed E-state index contributed by atoms with van der Waals surface area (Å²) >= 11 is 5.77. The summed E-state index contributed by atoms with van der Waals surface area (Å²) in [7, 11) is -3.57. The Balaban J connectivity index is 2.13. The summed E-state index contributed by atoms with van der Waals surface area (Å²) in [4.78, 5) is 0. The first-order valence-electron chi connectivity index (χ1n) is 4.75. The minimum absolute atomic E-state index is 0.0110. The van der Waals surface area contributed by atoms with E-state index >= 15 is 0 Å². The van der Waals surface area contributed by atoms with Crippen LogP contribution in [0.4, 0.5) is 5.69 Å². The SMILES string of the molecule is O=S(=O)(Nc1ccc(O)cc1Cl)NC1CC1. The van der Waals surface area contributed by atoms with Gasteiger partial charge in [0.2, 0.25) is 0 Å². The summed E-state index contributed by atoms with van der Waals surface area (Å²) < 4.78 is 27.9. The molecule has 0 radical (unpaired) electrons. The molecule has 1 aliphatic carbocycles. The van der Waals surface area contributed by atoms with Gasteiger partial charge in [-0.05, 0) is 25.0 Å². The van der Waals surface area contributed by atoms with Gasteiger partial charge in [-0.3, -0.25) is 4.72 Å². The summed E-state index contributed by atoms with van der Waals surface area (Å²) in [5.74, 6) is -0.0110. The molecule has 0 aromatic heterocycles. The average molecular weight is 263 g/mol. The van der Waals surface area contributed by atoms with E-state index in [1.54, 1.807) is 0 Å². The lowest BCUT2D eigenvalue weighted by Gasteiger charge is -2.09. The predicted octanol–water partition coefficient (Wildman–Crippen LogP) is 1.45. The molecule has 0 spiro atoms. The number of anilines is 1. The third-order valence-corrected chi connectivity index (χ3v) is 3.54. The first-order chi connectivity index (χ1) is 7.46. The molecule has 3 N–H and O–H groups in total. The summed E-state index contributed by atoms with van der Waals surface area (Å²) in [5, 5.41) is 9.27. The number of nitrogens with one attached hydrogen (secondary N) is 2. The minimum atomic E-state index is -3.57. The number of rotatable bonds is 4. The number of hydrogen-bond donors (Lipinski definition) is 3. The lowest BCUT2D eigenvalue weighted by Crippen LogP contribution is -2.31. The second kappa shape index (κ2) is 4.12. The summed E-state index contributed by atoms with van der Waals surface area (Å²) in [6.07, 6.45) is 1.73. The van der Waals surface area contributed by atoms with Gasteiger partial charge in [0, 0.05) is 12.1 Å². The van der Waals surface area contributed by atoms with Crippen molar-refractivity contribution >= 4 is 27.5 Å². The Labute approximate surface area is 98.6 Å². The van der Waals surface area contributed by atoms with E-state index in [0.29, 0.717) is 0 Å². The highest BCUT2D eigenvalue weighted by molar-refractivity contribution is 7.90. The number of phenols is 1. The van der Waals surface area contributed by atoms with E-state index in [-0.39, 0.29) is 22.5 Å². The van der Waals surface area contributed by atoms with Crippen LogP contribution in [0.25, 0.3) is 0 Å². The van der Waals surface area contributed by atoms with E-state index in [4.69, 9.17) is 16.7 Å². The topological polar surface area (TPSA) is 78.4 Å². The van der Waals surface area contributed by atoms with E-state index in [1.165, 1.54) is 18.2 Å². The molecule has 1 aliphatic rings. The normalized spacial score (nSPS) is 16.1. The van der Waals surface area contributed by atoms with E-state index in [0.717, 1.165) is 12.8 Å². The molecular formula is C9H11ClN2O3S. The van der Waals surface area contributed by atoms with Crippen molar-refractivity contribution in [2.24, 2.45) is 0 Å². The Hall–Kier alpha value is -0.980. The summed E-state index contributed by atoms with van der Waals surface area (Å²) in [6, 6.07) is 4.08. The van der Waals surface area contributed by atoms with Crippen molar-refractivity contribution in [2.45, 2.75) is 18.9 Å². The molecule has 7 heteroatoms. The van der Waals surface area contributed by atoms with Crippen molar-refractivity contribution in [3.05, 3.63) is 23.2 Å². The monoisotopic (exact) mass is 262 g/mol. The van der Waals surface area contributed by atoms with Gasteiger partial charge in [-0.25, -0.2) is 0 Å². The van der Waals surface area contributed by atoms with E-state index in [9.17, 15) is 8.42 Å². The van der Waals surface area contributed by atoms with Crippen LogP contribution in [0.1, 0.15) is 12.8 Å². The van der Waals surface area contributed by atoms with Gasteiger partial charge in [0.25, 0.3) is 10.2 Å². The van der Waals surface area contributed by atoms with Crippen LogP contribution in [0.15, 0.2) is 18.2 Å². The van der Waals surface area contributed by atoms with Crippen molar-refractivity contribution in [3.63, 3.8) is 0 Å². The Morgan fingerprint density at radius 2 is 2.06 bits per heavy atom. The zero-order valence-corrected chi connectivity index (χ0v) is 9.85. The fraction of sp³-hybridized carbons (Fsp3) is 0.333. The summed E-state index contributed by atoms with van der Waals surface area (Å²) in [5.41, 5.74) is 0.243. The minimum Gasteiger partial charge on any atom is -0.508 e. The lowest BCUT2D eigenvalue weighted by atomic mass is 10.3. The fourth-order valence-corrected chi connectivity index (χ4v) is 2.66. The average Bonchev–Trinajstić information content (AvgIpc) is 2.93. The first-order valence-corrected chi connectivity index (χ1v) is 6.61. The highest BCUT2D eigenvalue weighted by atomic mass is 35.5. The molecule has 1 aromatic carbocycles. The molecule has 0 aliphatic heterocycles. The highest BCUT2D eigenvalue weighted by Crippen LogP contribution is 2.27. The van der Waals surface area contributed by atoms with Crippen molar-refractivity contribution < 1.29 is 13.5 Å². The largest absolute Gasteiger partial charge is 0.508 e. The number of hydrogen-bond acceptors (Lipinski definition) is 3. The summed E-state index contributed by atoms with van der Waals surface area (Å²) in [6.45, 7) is 0. The van der Waals surface area contributed by atoms with Gasteiger partial charge in [-0.2, -0.15) is 13.1 Å². The molecule has 0 amide bonds. The molecule has 1 saturated carbocycles. The molecule has 5 nitrogen and oxygen atoms in total. The Morgan fingerprint density at radius 3 is 2.62 bits per heavy atom. The molecule has 0 bridgehead atoms. The van der Waals surface area contributed by atoms with Gasteiger partial charge in [0.1, 0.15) is 5.75 Å². The van der Waals surface area contributed by atoms with Gasteiger partial charge < -0.3 is 5.11 Å². The van der Waals surface area contributed by atoms with E-state index in [1.807, 2.05) is 0 Å². The van der Waals surface area contributed by atoms with Crippen molar-refractivity contribution in [2.75, 3.05) is 4.72 Å². The van der Waals surface area contributed by atoms with Gasteiger partial charge in [0.15, 0.2) is 0 Å². The zero-order valence-electron chi connectivity index (χ0n) is 8.27. The quantitative estimate of drug-likeness (QED) is 0.719. The maximum atomic E-state index is 11.5. The third kappa shape index (κ3) is 3.01. The molecule has 1 fully saturated rings. The molecule has 0 unspecified atom stereocenters. The van der Waals surface area contributed by atoms with Gasteiger partial charge in [-0.15, -0.1) is 0 Å². The van der Waals surface area contributed by atoms with Crippen LogP contribution in [0.3, 0.4) is 0 Å². The van der Waals surface area contributed by atoms with Crippen molar-refractivity contribution in [1.29, 1.82) is 0 Å². The van der Waals surface area contributed by atoms with Crippen LogP contribution in [-0.4, -0.2) is 19.6 Å². The van der Waals surface area contributed by atoms with Gasteiger partial charge in [-0.1, -0.05) is 11.6 Å². The zero-order chi connectivity index (χ0) is 11.8. The molecule has 0 saturated heterocycles.